The molecule has 27 heavy (non-hydrogen) atoms. The van der Waals surface area contributed by atoms with Gasteiger partial charge in [-0.15, -0.1) is 15.3 Å². The number of rotatable bonds is 3. The first-order valence-electron chi connectivity index (χ1n) is 7.70. The highest BCUT2D eigenvalue weighted by atomic mass is 15.3. The SMILES string of the molecule is c1cc(-c2c(-c3nccnn3)cnc3n[nH]c(-c4ncncn4)c23)nnn1. The van der Waals surface area contributed by atoms with E-state index < -0.39 is 0 Å². The minimum atomic E-state index is 0.392. The van der Waals surface area contributed by atoms with Crippen LogP contribution < -0.4 is 0 Å². The van der Waals surface area contributed by atoms with Crippen molar-refractivity contribution in [1.29, 1.82) is 0 Å². The number of hydrogen-bond acceptors (Lipinski definition) is 11. The Morgan fingerprint density at radius 1 is 0.815 bits per heavy atom. The van der Waals surface area contributed by atoms with Gasteiger partial charge in [-0.05, 0) is 11.3 Å². The Balaban J connectivity index is 1.89. The summed E-state index contributed by atoms with van der Waals surface area (Å²) in [6.45, 7) is 0. The molecular weight excluding hydrogens is 348 g/mol. The topological polar surface area (TPSA) is 158 Å². The number of nitrogens with one attached hydrogen (secondary N) is 1. The van der Waals surface area contributed by atoms with Crippen molar-refractivity contribution in [2.45, 2.75) is 0 Å². The summed E-state index contributed by atoms with van der Waals surface area (Å²) in [7, 11) is 0. The van der Waals surface area contributed by atoms with Crippen molar-refractivity contribution in [1.82, 2.24) is 60.7 Å². The van der Waals surface area contributed by atoms with Crippen LogP contribution >= 0.6 is 0 Å². The molecule has 0 aliphatic rings. The zero-order chi connectivity index (χ0) is 18.1. The molecule has 0 unspecified atom stereocenters. The van der Waals surface area contributed by atoms with E-state index in [4.69, 9.17) is 0 Å². The summed E-state index contributed by atoms with van der Waals surface area (Å²) in [5.41, 5.74) is 2.88. The number of aromatic nitrogens is 12. The highest BCUT2D eigenvalue weighted by Crippen LogP contribution is 2.37. The number of nitrogens with zero attached hydrogens (tertiary/aromatic N) is 11. The second-order valence-electron chi connectivity index (χ2n) is 5.28. The molecule has 5 aromatic heterocycles. The van der Waals surface area contributed by atoms with Crippen molar-refractivity contribution in [3.8, 4) is 34.2 Å². The molecule has 0 fully saturated rings. The summed E-state index contributed by atoms with van der Waals surface area (Å²) in [4.78, 5) is 20.9. The predicted octanol–water partition coefficient (Wildman–Crippen LogP) is 0.514. The summed E-state index contributed by atoms with van der Waals surface area (Å²) < 4.78 is 0. The van der Waals surface area contributed by atoms with Crippen molar-refractivity contribution in [2.24, 2.45) is 0 Å². The summed E-state index contributed by atoms with van der Waals surface area (Å²) in [6, 6.07) is 1.73. The van der Waals surface area contributed by atoms with Crippen LogP contribution in [0.1, 0.15) is 0 Å². The molecular formula is C15H8N12. The average molecular weight is 356 g/mol. The smallest absolute Gasteiger partial charge is 0.183 e. The highest BCUT2D eigenvalue weighted by molar-refractivity contribution is 6.05. The van der Waals surface area contributed by atoms with E-state index in [0.29, 0.717) is 45.2 Å². The highest BCUT2D eigenvalue weighted by Gasteiger charge is 2.22. The van der Waals surface area contributed by atoms with Gasteiger partial charge >= 0.3 is 0 Å². The lowest BCUT2D eigenvalue weighted by Gasteiger charge is -2.08. The normalized spacial score (nSPS) is 11.0. The number of hydrogen-bond donors (Lipinski definition) is 1. The Kier molecular flexibility index (Phi) is 3.42. The molecule has 12 heteroatoms. The van der Waals surface area contributed by atoms with Gasteiger partial charge < -0.3 is 0 Å². The lowest BCUT2D eigenvalue weighted by molar-refractivity contribution is 0.871. The van der Waals surface area contributed by atoms with Crippen LogP contribution in [0.2, 0.25) is 0 Å². The van der Waals surface area contributed by atoms with Crippen LogP contribution in [0, 0.1) is 0 Å². The Morgan fingerprint density at radius 3 is 2.52 bits per heavy atom. The molecule has 0 amide bonds. The van der Waals surface area contributed by atoms with E-state index in [1.54, 1.807) is 24.7 Å². The Morgan fingerprint density at radius 2 is 1.74 bits per heavy atom. The molecule has 5 rings (SSSR count). The Bertz CT molecular complexity index is 1210. The average Bonchev–Trinajstić information content (AvgIpc) is 3.19. The first-order chi connectivity index (χ1) is 13.4. The fraction of sp³-hybridized carbons (Fsp3) is 0. The van der Waals surface area contributed by atoms with Crippen LogP contribution in [0.25, 0.3) is 45.2 Å². The maximum absolute atomic E-state index is 4.40. The third kappa shape index (κ3) is 2.52. The van der Waals surface area contributed by atoms with Gasteiger partial charge in [-0.25, -0.2) is 24.9 Å². The van der Waals surface area contributed by atoms with Gasteiger partial charge in [-0.3, -0.25) is 5.10 Å². The number of pyridine rings is 1. The van der Waals surface area contributed by atoms with Gasteiger partial charge in [0.05, 0.1) is 23.5 Å². The third-order valence-corrected chi connectivity index (χ3v) is 3.78. The minimum absolute atomic E-state index is 0.392. The molecule has 0 saturated heterocycles. The van der Waals surface area contributed by atoms with Crippen LogP contribution in [-0.4, -0.2) is 60.7 Å². The molecule has 0 radical (unpaired) electrons. The molecule has 0 aliphatic heterocycles. The van der Waals surface area contributed by atoms with E-state index in [0.717, 1.165) is 0 Å². The zero-order valence-corrected chi connectivity index (χ0v) is 13.5. The van der Waals surface area contributed by atoms with E-state index in [9.17, 15) is 0 Å². The van der Waals surface area contributed by atoms with Crippen molar-refractivity contribution in [3.05, 3.63) is 43.5 Å². The van der Waals surface area contributed by atoms with Gasteiger partial charge in [0.15, 0.2) is 17.3 Å². The molecule has 0 atom stereocenters. The number of H-pyrrole nitrogens is 1. The summed E-state index contributed by atoms with van der Waals surface area (Å²) in [5, 5.41) is 27.5. The second-order valence-corrected chi connectivity index (χ2v) is 5.28. The van der Waals surface area contributed by atoms with Crippen LogP contribution in [-0.2, 0) is 0 Å². The van der Waals surface area contributed by atoms with Crippen LogP contribution in [0.15, 0.2) is 43.5 Å². The monoisotopic (exact) mass is 356 g/mol. The molecule has 12 nitrogen and oxygen atoms in total. The predicted molar refractivity (Wildman–Crippen MR) is 90.4 cm³/mol. The summed E-state index contributed by atoms with van der Waals surface area (Å²) >= 11 is 0. The number of fused-ring (bicyclic) bond motifs is 1. The van der Waals surface area contributed by atoms with E-state index >= 15 is 0 Å². The van der Waals surface area contributed by atoms with Crippen molar-refractivity contribution < 1.29 is 0 Å². The zero-order valence-electron chi connectivity index (χ0n) is 13.5. The molecule has 0 spiro atoms. The molecule has 1 N–H and O–H groups in total. The lowest BCUT2D eigenvalue weighted by atomic mass is 10.0. The van der Waals surface area contributed by atoms with Gasteiger partial charge in [-0.2, -0.15) is 10.2 Å². The van der Waals surface area contributed by atoms with Crippen molar-refractivity contribution in [3.63, 3.8) is 0 Å². The first-order valence-corrected chi connectivity index (χ1v) is 7.70. The molecule has 5 aromatic rings. The lowest BCUT2D eigenvalue weighted by Crippen LogP contribution is -1.99. The second kappa shape index (κ2) is 6.18. The maximum Gasteiger partial charge on any atom is 0.183 e. The molecule has 0 aromatic carbocycles. The minimum Gasteiger partial charge on any atom is -0.272 e. The van der Waals surface area contributed by atoms with E-state index in [2.05, 4.69) is 60.7 Å². The van der Waals surface area contributed by atoms with Crippen molar-refractivity contribution in [2.75, 3.05) is 0 Å². The summed E-state index contributed by atoms with van der Waals surface area (Å²) in [5.74, 6) is 0.810. The molecule has 128 valence electrons. The Labute approximate surface area is 150 Å². The van der Waals surface area contributed by atoms with Crippen LogP contribution in [0.4, 0.5) is 0 Å². The first kappa shape index (κ1) is 14.9. The van der Waals surface area contributed by atoms with Crippen LogP contribution in [0.3, 0.4) is 0 Å². The maximum atomic E-state index is 4.40. The molecule has 5 heterocycles. The van der Waals surface area contributed by atoms with Crippen LogP contribution in [0.5, 0.6) is 0 Å². The van der Waals surface area contributed by atoms with Gasteiger partial charge in [-0.1, -0.05) is 0 Å². The fourth-order valence-electron chi connectivity index (χ4n) is 2.70. The van der Waals surface area contributed by atoms with Gasteiger partial charge in [0, 0.05) is 23.5 Å². The quantitative estimate of drug-likeness (QED) is 0.480. The van der Waals surface area contributed by atoms with E-state index in [1.165, 1.54) is 18.9 Å². The van der Waals surface area contributed by atoms with E-state index in [-0.39, 0.29) is 0 Å². The standard InChI is InChI=1S/C15H8N12/c1-2-22-27-23-9(1)10-8(13-17-3-4-21-25-13)5-18-14-11(10)12(24-26-14)15-19-6-16-7-20-15/h1-7H,(H,18,24,26). The van der Waals surface area contributed by atoms with Gasteiger partial charge in [0.1, 0.15) is 18.3 Å². The van der Waals surface area contributed by atoms with Gasteiger partial charge in [0.25, 0.3) is 0 Å². The van der Waals surface area contributed by atoms with Gasteiger partial charge in [0.2, 0.25) is 0 Å². The number of aromatic amines is 1. The summed E-state index contributed by atoms with van der Waals surface area (Å²) in [6.07, 6.45) is 9.02. The molecule has 0 bridgehead atoms. The Hall–Kier alpha value is -4.35. The van der Waals surface area contributed by atoms with Crippen molar-refractivity contribution >= 4 is 11.0 Å². The molecule has 0 aliphatic carbocycles. The third-order valence-electron chi connectivity index (χ3n) is 3.78. The molecule has 0 saturated carbocycles. The largest absolute Gasteiger partial charge is 0.272 e. The van der Waals surface area contributed by atoms with E-state index in [1.807, 2.05) is 0 Å². The fourth-order valence-corrected chi connectivity index (χ4v) is 2.70.